The van der Waals surface area contributed by atoms with Gasteiger partial charge in [0, 0.05) is 20.9 Å². The molecule has 0 unspecified atom stereocenters. The predicted molar refractivity (Wildman–Crippen MR) is 82.7 cm³/mol. The first-order valence-electron chi connectivity index (χ1n) is 6.34. The average Bonchev–Trinajstić information content (AvgIpc) is 2.45. The third-order valence-electron chi connectivity index (χ3n) is 2.53. The average molecular weight is 378 g/mol. The van der Waals surface area contributed by atoms with E-state index < -0.39 is 11.0 Å². The first-order valence-corrected chi connectivity index (χ1v) is 7.98. The number of benzene rings is 2. The third kappa shape index (κ3) is 6.81. The second-order valence-corrected chi connectivity index (χ2v) is 6.67. The van der Waals surface area contributed by atoms with Gasteiger partial charge < -0.3 is 0 Å². The SMILES string of the molecule is FC(F)(F)Sc1ccc(C#Cc2ccc(SC(F)(F)F)cc2)cc1. The van der Waals surface area contributed by atoms with Gasteiger partial charge in [0.25, 0.3) is 0 Å². The summed E-state index contributed by atoms with van der Waals surface area (Å²) in [6.45, 7) is 0. The number of alkyl halides is 6. The molecular formula is C16H8F6S2. The van der Waals surface area contributed by atoms with E-state index in [1.807, 2.05) is 0 Å². The van der Waals surface area contributed by atoms with Gasteiger partial charge in [-0.2, -0.15) is 26.3 Å². The lowest BCUT2D eigenvalue weighted by Crippen LogP contribution is -1.98. The quantitative estimate of drug-likeness (QED) is 0.341. The van der Waals surface area contributed by atoms with E-state index in [-0.39, 0.29) is 33.3 Å². The number of halogens is 6. The van der Waals surface area contributed by atoms with Gasteiger partial charge >= 0.3 is 11.0 Å². The summed E-state index contributed by atoms with van der Waals surface area (Å²) in [5, 5.41) is 0. The lowest BCUT2D eigenvalue weighted by Gasteiger charge is -2.05. The van der Waals surface area contributed by atoms with Crippen molar-refractivity contribution >= 4 is 23.5 Å². The fourth-order valence-electron chi connectivity index (χ4n) is 1.62. The standard InChI is InChI=1S/C16H8F6S2/c17-15(18,19)23-13-7-3-11(4-8-13)1-2-12-5-9-14(10-6-12)24-16(20,21)22/h3-10H. The first kappa shape index (κ1) is 18.6. The van der Waals surface area contributed by atoms with Gasteiger partial charge in [-0.3, -0.25) is 0 Å². The molecule has 0 bridgehead atoms. The fourth-order valence-corrected chi connectivity index (χ4v) is 2.70. The molecule has 2 rings (SSSR count). The molecule has 8 heteroatoms. The van der Waals surface area contributed by atoms with Crippen molar-refractivity contribution in [1.82, 2.24) is 0 Å². The molecule has 0 aromatic heterocycles. The zero-order valence-corrected chi connectivity index (χ0v) is 13.3. The van der Waals surface area contributed by atoms with E-state index >= 15 is 0 Å². The Morgan fingerprint density at radius 2 is 0.833 bits per heavy atom. The topological polar surface area (TPSA) is 0 Å². The van der Waals surface area contributed by atoms with Gasteiger partial charge in [0.05, 0.1) is 0 Å². The van der Waals surface area contributed by atoms with Crippen molar-refractivity contribution in [1.29, 1.82) is 0 Å². The zero-order valence-electron chi connectivity index (χ0n) is 11.7. The van der Waals surface area contributed by atoms with Gasteiger partial charge in [0.15, 0.2) is 0 Å². The summed E-state index contributed by atoms with van der Waals surface area (Å²) in [6.07, 6.45) is 0. The van der Waals surface area contributed by atoms with E-state index in [4.69, 9.17) is 0 Å². The van der Waals surface area contributed by atoms with Gasteiger partial charge in [0.1, 0.15) is 0 Å². The maximum absolute atomic E-state index is 12.2. The Hall–Kier alpha value is -1.72. The summed E-state index contributed by atoms with van der Waals surface area (Å²) in [4.78, 5) is 0.114. The summed E-state index contributed by atoms with van der Waals surface area (Å²) >= 11 is -0.425. The Labute approximate surface area is 142 Å². The lowest BCUT2D eigenvalue weighted by atomic mass is 10.2. The maximum atomic E-state index is 12.2. The Morgan fingerprint density at radius 3 is 1.08 bits per heavy atom. The maximum Gasteiger partial charge on any atom is 0.446 e. The van der Waals surface area contributed by atoms with Crippen LogP contribution in [0.1, 0.15) is 11.1 Å². The van der Waals surface area contributed by atoms with Gasteiger partial charge in [-0.25, -0.2) is 0 Å². The molecule has 0 saturated heterocycles. The van der Waals surface area contributed by atoms with E-state index in [1.165, 1.54) is 48.5 Å². The van der Waals surface area contributed by atoms with Crippen molar-refractivity contribution in [3.8, 4) is 11.8 Å². The molecule has 24 heavy (non-hydrogen) atoms. The molecule has 0 aliphatic rings. The summed E-state index contributed by atoms with van der Waals surface area (Å²) in [6, 6.07) is 11.1. The van der Waals surface area contributed by atoms with Crippen LogP contribution in [0.3, 0.4) is 0 Å². The second-order valence-electron chi connectivity index (χ2n) is 4.39. The Balaban J connectivity index is 2.04. The smallest absolute Gasteiger partial charge is 0.160 e. The Bertz CT molecular complexity index is 670. The van der Waals surface area contributed by atoms with Gasteiger partial charge in [-0.15, -0.1) is 0 Å². The molecule has 0 N–H and O–H groups in total. The van der Waals surface area contributed by atoms with Gasteiger partial charge in [0.2, 0.25) is 0 Å². The molecule has 0 amide bonds. The summed E-state index contributed by atoms with van der Waals surface area (Å²) in [5.41, 5.74) is -7.67. The lowest BCUT2D eigenvalue weighted by molar-refractivity contribution is -0.0337. The fraction of sp³-hybridized carbons (Fsp3) is 0.125. The molecular weight excluding hydrogens is 370 g/mol. The number of rotatable bonds is 2. The van der Waals surface area contributed by atoms with E-state index in [0.717, 1.165) is 0 Å². The first-order chi connectivity index (χ1) is 11.1. The molecule has 0 aliphatic carbocycles. The van der Waals surface area contributed by atoms with Crippen LogP contribution >= 0.6 is 23.5 Å². The molecule has 126 valence electrons. The zero-order chi connectivity index (χ0) is 17.8. The van der Waals surface area contributed by atoms with Crippen molar-refractivity contribution in [2.75, 3.05) is 0 Å². The Kier molecular flexibility index (Phi) is 5.78. The molecule has 0 heterocycles. The molecule has 0 saturated carbocycles. The van der Waals surface area contributed by atoms with Crippen LogP contribution in [0.5, 0.6) is 0 Å². The van der Waals surface area contributed by atoms with Crippen LogP contribution in [0.25, 0.3) is 0 Å². The Morgan fingerprint density at radius 1 is 0.542 bits per heavy atom. The minimum absolute atomic E-state index is 0.0570. The van der Waals surface area contributed by atoms with Crippen LogP contribution < -0.4 is 0 Å². The highest BCUT2D eigenvalue weighted by Crippen LogP contribution is 2.37. The molecule has 0 aliphatic heterocycles. The summed E-state index contributed by atoms with van der Waals surface area (Å²) < 4.78 is 73.3. The molecule has 0 atom stereocenters. The summed E-state index contributed by atoms with van der Waals surface area (Å²) in [7, 11) is 0. The van der Waals surface area contributed by atoms with Crippen molar-refractivity contribution in [2.45, 2.75) is 20.8 Å². The van der Waals surface area contributed by atoms with Crippen LogP contribution in [0.2, 0.25) is 0 Å². The molecule has 0 radical (unpaired) electrons. The van der Waals surface area contributed by atoms with Crippen molar-refractivity contribution in [3.63, 3.8) is 0 Å². The van der Waals surface area contributed by atoms with Crippen molar-refractivity contribution in [3.05, 3.63) is 59.7 Å². The molecule has 0 fully saturated rings. The minimum Gasteiger partial charge on any atom is -0.160 e. The highest BCUT2D eigenvalue weighted by atomic mass is 32.2. The van der Waals surface area contributed by atoms with E-state index in [0.29, 0.717) is 11.1 Å². The van der Waals surface area contributed by atoms with Crippen LogP contribution in [0, 0.1) is 11.8 Å². The van der Waals surface area contributed by atoms with Crippen LogP contribution in [-0.2, 0) is 0 Å². The molecule has 0 spiro atoms. The van der Waals surface area contributed by atoms with Crippen molar-refractivity contribution in [2.24, 2.45) is 0 Å². The summed E-state index contributed by atoms with van der Waals surface area (Å²) in [5.74, 6) is 5.50. The predicted octanol–water partition coefficient (Wildman–Crippen LogP) is 6.31. The van der Waals surface area contributed by atoms with Gasteiger partial charge in [-0.1, -0.05) is 11.8 Å². The van der Waals surface area contributed by atoms with Crippen LogP contribution in [0.4, 0.5) is 26.3 Å². The minimum atomic E-state index is -4.34. The van der Waals surface area contributed by atoms with Crippen molar-refractivity contribution < 1.29 is 26.3 Å². The number of hydrogen-bond acceptors (Lipinski definition) is 2. The van der Waals surface area contributed by atoms with Gasteiger partial charge in [-0.05, 0) is 72.1 Å². The normalized spacial score (nSPS) is 11.8. The number of hydrogen-bond donors (Lipinski definition) is 0. The molecule has 2 aromatic carbocycles. The van der Waals surface area contributed by atoms with E-state index in [2.05, 4.69) is 11.8 Å². The molecule has 2 aromatic rings. The van der Waals surface area contributed by atoms with Crippen LogP contribution in [-0.4, -0.2) is 11.0 Å². The highest BCUT2D eigenvalue weighted by molar-refractivity contribution is 8.00. The largest absolute Gasteiger partial charge is 0.446 e. The van der Waals surface area contributed by atoms with E-state index in [1.54, 1.807) is 0 Å². The van der Waals surface area contributed by atoms with Crippen LogP contribution in [0.15, 0.2) is 58.3 Å². The number of thioether (sulfide) groups is 2. The monoisotopic (exact) mass is 378 g/mol. The van der Waals surface area contributed by atoms with E-state index in [9.17, 15) is 26.3 Å². The second kappa shape index (κ2) is 7.45. The molecule has 0 nitrogen and oxygen atoms in total. The highest BCUT2D eigenvalue weighted by Gasteiger charge is 2.29. The third-order valence-corrected chi connectivity index (χ3v) is 4.01.